The number of ether oxygens (including phenoxy) is 2. The van der Waals surface area contributed by atoms with Gasteiger partial charge in [-0.3, -0.25) is 4.90 Å². The van der Waals surface area contributed by atoms with Crippen molar-refractivity contribution in [3.63, 3.8) is 0 Å². The van der Waals surface area contributed by atoms with Crippen LogP contribution in [0.15, 0.2) is 16.5 Å². The lowest BCUT2D eigenvalue weighted by Crippen LogP contribution is -2.41. The average Bonchev–Trinajstić information content (AvgIpc) is 3.01. The van der Waals surface area contributed by atoms with Gasteiger partial charge in [-0.1, -0.05) is 6.92 Å². The number of carbonyl (C=O) groups is 1. The van der Waals surface area contributed by atoms with Gasteiger partial charge in [0.15, 0.2) is 0 Å². The zero-order valence-electron chi connectivity index (χ0n) is 13.1. The van der Waals surface area contributed by atoms with E-state index in [0.717, 1.165) is 44.7 Å². The summed E-state index contributed by atoms with van der Waals surface area (Å²) in [5.41, 5.74) is 0. The summed E-state index contributed by atoms with van der Waals surface area (Å²) in [6.45, 7) is 6.99. The first kappa shape index (κ1) is 16.0. The van der Waals surface area contributed by atoms with Gasteiger partial charge in [0, 0.05) is 13.2 Å². The van der Waals surface area contributed by atoms with E-state index in [1.54, 1.807) is 6.07 Å². The number of methoxy groups -OCH3 is 1. The van der Waals surface area contributed by atoms with Crippen LogP contribution in [0.1, 0.15) is 55.5 Å². The predicted octanol–water partition coefficient (Wildman–Crippen LogP) is 3.02. The second-order valence-electron chi connectivity index (χ2n) is 5.50. The van der Waals surface area contributed by atoms with Crippen LogP contribution in [0.25, 0.3) is 0 Å². The van der Waals surface area contributed by atoms with E-state index in [2.05, 4.69) is 23.5 Å². The predicted molar refractivity (Wildman–Crippen MR) is 79.3 cm³/mol. The highest BCUT2D eigenvalue weighted by atomic mass is 16.5. The van der Waals surface area contributed by atoms with Crippen LogP contribution in [0.2, 0.25) is 0 Å². The van der Waals surface area contributed by atoms with Crippen LogP contribution in [-0.2, 0) is 9.47 Å². The number of carbonyl (C=O) groups excluding carboxylic acids is 1. The van der Waals surface area contributed by atoms with Crippen molar-refractivity contribution in [2.45, 2.75) is 45.3 Å². The number of hydrogen-bond acceptors (Lipinski definition) is 5. The molecule has 1 aliphatic rings. The summed E-state index contributed by atoms with van der Waals surface area (Å²) in [5.74, 6) is 0.623. The molecule has 2 rings (SSSR count). The Morgan fingerprint density at radius 3 is 3.05 bits per heavy atom. The van der Waals surface area contributed by atoms with Crippen LogP contribution in [-0.4, -0.2) is 43.8 Å². The van der Waals surface area contributed by atoms with Crippen molar-refractivity contribution in [3.05, 3.63) is 23.7 Å². The quantitative estimate of drug-likeness (QED) is 0.755. The van der Waals surface area contributed by atoms with Gasteiger partial charge >= 0.3 is 5.97 Å². The van der Waals surface area contributed by atoms with E-state index in [0.29, 0.717) is 6.10 Å². The first-order chi connectivity index (χ1) is 10.2. The zero-order valence-corrected chi connectivity index (χ0v) is 13.1. The minimum absolute atomic E-state index is 0.136. The molecule has 0 saturated carbocycles. The van der Waals surface area contributed by atoms with Crippen molar-refractivity contribution >= 4 is 5.97 Å². The summed E-state index contributed by atoms with van der Waals surface area (Å²) in [6, 6.07) is 3.66. The summed E-state index contributed by atoms with van der Waals surface area (Å²) in [7, 11) is 1.36. The van der Waals surface area contributed by atoms with Crippen LogP contribution in [0.3, 0.4) is 0 Å². The lowest BCUT2D eigenvalue weighted by atomic mass is 10.1. The molecule has 2 atom stereocenters. The fourth-order valence-electron chi connectivity index (χ4n) is 2.71. The maximum atomic E-state index is 11.4. The molecule has 0 aliphatic carbocycles. The van der Waals surface area contributed by atoms with Crippen molar-refractivity contribution in [1.29, 1.82) is 0 Å². The Hall–Kier alpha value is -1.33. The summed E-state index contributed by atoms with van der Waals surface area (Å²) in [6.07, 6.45) is 3.60. The van der Waals surface area contributed by atoms with Gasteiger partial charge in [0.2, 0.25) is 5.76 Å². The van der Waals surface area contributed by atoms with Crippen LogP contribution >= 0.6 is 0 Å². The molecular formula is C16H25NO4. The Morgan fingerprint density at radius 1 is 1.52 bits per heavy atom. The maximum absolute atomic E-state index is 11.4. The topological polar surface area (TPSA) is 51.9 Å². The van der Waals surface area contributed by atoms with Gasteiger partial charge in [0.25, 0.3) is 0 Å². The largest absolute Gasteiger partial charge is 0.463 e. The van der Waals surface area contributed by atoms with E-state index in [9.17, 15) is 4.79 Å². The Balaban J connectivity index is 1.96. The van der Waals surface area contributed by atoms with E-state index in [4.69, 9.17) is 9.15 Å². The van der Waals surface area contributed by atoms with Gasteiger partial charge < -0.3 is 13.9 Å². The van der Waals surface area contributed by atoms with E-state index in [1.165, 1.54) is 7.11 Å². The van der Waals surface area contributed by atoms with Crippen LogP contribution in [0, 0.1) is 0 Å². The van der Waals surface area contributed by atoms with Gasteiger partial charge in [0.1, 0.15) is 5.76 Å². The normalized spacial score (nSPS) is 21.2. The first-order valence-electron chi connectivity index (χ1n) is 7.69. The van der Waals surface area contributed by atoms with Crippen molar-refractivity contribution in [1.82, 2.24) is 4.90 Å². The average molecular weight is 295 g/mol. The standard InChI is InChI=1S/C16H25NO4/c1-4-10-20-13-6-5-9-17(11-13)12(2)14-7-8-15(21-14)16(18)19-3/h7-8,12-13H,4-6,9-11H2,1-3H3. The lowest BCUT2D eigenvalue weighted by molar-refractivity contribution is -0.0132. The summed E-state index contributed by atoms with van der Waals surface area (Å²) < 4.78 is 16.1. The molecule has 0 aromatic carbocycles. The molecule has 5 heteroatoms. The van der Waals surface area contributed by atoms with Crippen molar-refractivity contribution in [3.8, 4) is 0 Å². The molecule has 118 valence electrons. The Labute approximate surface area is 126 Å². The monoisotopic (exact) mass is 295 g/mol. The molecule has 0 radical (unpaired) electrons. The van der Waals surface area contributed by atoms with Crippen LogP contribution in [0.4, 0.5) is 0 Å². The van der Waals surface area contributed by atoms with E-state index in [1.807, 2.05) is 6.07 Å². The minimum atomic E-state index is -0.434. The highest BCUT2D eigenvalue weighted by Gasteiger charge is 2.27. The summed E-state index contributed by atoms with van der Waals surface area (Å²) in [5, 5.41) is 0. The van der Waals surface area contributed by atoms with E-state index >= 15 is 0 Å². The molecule has 0 N–H and O–H groups in total. The SMILES string of the molecule is CCCOC1CCCN(C(C)c2ccc(C(=O)OC)o2)C1. The fourth-order valence-corrected chi connectivity index (χ4v) is 2.71. The molecule has 2 unspecified atom stereocenters. The Morgan fingerprint density at radius 2 is 2.33 bits per heavy atom. The smallest absolute Gasteiger partial charge is 0.373 e. The third kappa shape index (κ3) is 4.08. The third-order valence-electron chi connectivity index (χ3n) is 3.94. The van der Waals surface area contributed by atoms with Crippen molar-refractivity contribution < 1.29 is 18.7 Å². The maximum Gasteiger partial charge on any atom is 0.373 e. The molecule has 21 heavy (non-hydrogen) atoms. The molecule has 1 aromatic rings. The second kappa shape index (κ2) is 7.61. The lowest BCUT2D eigenvalue weighted by Gasteiger charge is -2.35. The molecule has 1 saturated heterocycles. The third-order valence-corrected chi connectivity index (χ3v) is 3.94. The van der Waals surface area contributed by atoms with Crippen LogP contribution in [0.5, 0.6) is 0 Å². The Kier molecular flexibility index (Phi) is 5.82. The number of rotatable bonds is 6. The highest BCUT2D eigenvalue weighted by Crippen LogP contribution is 2.26. The summed E-state index contributed by atoms with van der Waals surface area (Å²) >= 11 is 0. The molecule has 5 nitrogen and oxygen atoms in total. The molecule has 0 spiro atoms. The summed E-state index contributed by atoms with van der Waals surface area (Å²) in [4.78, 5) is 13.8. The van der Waals surface area contributed by atoms with Crippen molar-refractivity contribution in [2.75, 3.05) is 26.8 Å². The highest BCUT2D eigenvalue weighted by molar-refractivity contribution is 5.86. The van der Waals surface area contributed by atoms with Gasteiger partial charge in [-0.25, -0.2) is 4.79 Å². The second-order valence-corrected chi connectivity index (χ2v) is 5.50. The number of esters is 1. The van der Waals surface area contributed by atoms with Gasteiger partial charge in [-0.15, -0.1) is 0 Å². The van der Waals surface area contributed by atoms with Gasteiger partial charge in [0.05, 0.1) is 19.3 Å². The van der Waals surface area contributed by atoms with Crippen molar-refractivity contribution in [2.24, 2.45) is 0 Å². The van der Waals surface area contributed by atoms with Crippen LogP contribution < -0.4 is 0 Å². The molecule has 2 heterocycles. The molecular weight excluding hydrogens is 270 g/mol. The molecule has 1 fully saturated rings. The van der Waals surface area contributed by atoms with E-state index in [-0.39, 0.29) is 11.8 Å². The molecule has 1 aliphatic heterocycles. The fraction of sp³-hybridized carbons (Fsp3) is 0.688. The number of hydrogen-bond donors (Lipinski definition) is 0. The van der Waals surface area contributed by atoms with E-state index < -0.39 is 5.97 Å². The number of likely N-dealkylation sites (tertiary alicyclic amines) is 1. The molecule has 0 amide bonds. The Bertz CT molecular complexity index is 457. The number of nitrogens with zero attached hydrogens (tertiary/aromatic N) is 1. The van der Waals surface area contributed by atoms with Gasteiger partial charge in [-0.05, 0) is 44.9 Å². The molecule has 0 bridgehead atoms. The molecule has 1 aromatic heterocycles. The first-order valence-corrected chi connectivity index (χ1v) is 7.69. The zero-order chi connectivity index (χ0) is 15.2. The van der Waals surface area contributed by atoms with Gasteiger partial charge in [-0.2, -0.15) is 0 Å². The number of furan rings is 1. The minimum Gasteiger partial charge on any atom is -0.463 e. The number of piperidine rings is 1.